The predicted octanol–water partition coefficient (Wildman–Crippen LogP) is 4.45. The summed E-state index contributed by atoms with van der Waals surface area (Å²) >= 11 is 6.02. The zero-order valence-corrected chi connectivity index (χ0v) is 22.7. The fraction of sp³-hybridized carbons (Fsp3) is 0.462. The summed E-state index contributed by atoms with van der Waals surface area (Å²) in [6.07, 6.45) is 3.24. The molecule has 2 amide bonds. The van der Waals surface area contributed by atoms with Gasteiger partial charge in [0.2, 0.25) is 21.8 Å². The number of unbranched alkanes of at least 4 members (excludes halogenated alkanes) is 1. The van der Waals surface area contributed by atoms with Crippen LogP contribution in [0.2, 0.25) is 5.02 Å². The molecule has 0 spiro atoms. The second kappa shape index (κ2) is 12.9. The molecule has 1 atom stereocenters. The van der Waals surface area contributed by atoms with Gasteiger partial charge in [-0.3, -0.25) is 13.9 Å². The van der Waals surface area contributed by atoms with Gasteiger partial charge in [-0.2, -0.15) is 0 Å². The largest absolute Gasteiger partial charge is 0.354 e. The fourth-order valence-electron chi connectivity index (χ4n) is 3.89. The smallest absolute Gasteiger partial charge is 0.244 e. The van der Waals surface area contributed by atoms with Crippen LogP contribution in [0.3, 0.4) is 0 Å². The molecule has 2 aromatic rings. The number of anilines is 1. The third kappa shape index (κ3) is 8.25. The molecule has 0 unspecified atom stereocenters. The fourth-order valence-corrected chi connectivity index (χ4v) is 4.93. The van der Waals surface area contributed by atoms with E-state index in [-0.39, 0.29) is 12.5 Å². The van der Waals surface area contributed by atoms with Crippen LogP contribution >= 0.6 is 11.6 Å². The number of hydrogen-bond donors (Lipinski definition) is 1. The van der Waals surface area contributed by atoms with Crippen molar-refractivity contribution in [2.24, 2.45) is 0 Å². The molecule has 7 nitrogen and oxygen atoms in total. The summed E-state index contributed by atoms with van der Waals surface area (Å²) in [5, 5.41) is 3.47. The minimum atomic E-state index is -3.76. The number of rotatable bonds is 12. The molecule has 192 valence electrons. The van der Waals surface area contributed by atoms with Crippen molar-refractivity contribution in [2.75, 3.05) is 23.7 Å². The second-order valence-corrected chi connectivity index (χ2v) is 11.1. The highest BCUT2D eigenvalue weighted by molar-refractivity contribution is 7.92. The molecule has 0 saturated heterocycles. The van der Waals surface area contributed by atoms with Crippen LogP contribution < -0.4 is 9.62 Å². The zero-order valence-electron chi connectivity index (χ0n) is 21.2. The van der Waals surface area contributed by atoms with E-state index in [2.05, 4.69) is 5.32 Å². The lowest BCUT2D eigenvalue weighted by atomic mass is 10.1. The van der Waals surface area contributed by atoms with Gasteiger partial charge in [-0.15, -0.1) is 0 Å². The Morgan fingerprint density at radius 3 is 2.26 bits per heavy atom. The van der Waals surface area contributed by atoms with E-state index in [1.165, 1.54) is 4.90 Å². The Hall–Kier alpha value is -2.58. The number of halogens is 1. The molecule has 0 aliphatic carbocycles. The average molecular weight is 522 g/mol. The Morgan fingerprint density at radius 2 is 1.71 bits per heavy atom. The first kappa shape index (κ1) is 28.7. The monoisotopic (exact) mass is 521 g/mol. The maximum atomic E-state index is 13.7. The number of nitrogens with zero attached hydrogens (tertiary/aromatic N) is 2. The van der Waals surface area contributed by atoms with E-state index in [1.54, 1.807) is 30.3 Å². The molecule has 0 bridgehead atoms. The van der Waals surface area contributed by atoms with Crippen LogP contribution in [-0.4, -0.2) is 50.5 Å². The Labute approximate surface area is 214 Å². The molecule has 0 aromatic heterocycles. The van der Waals surface area contributed by atoms with Gasteiger partial charge in [0.1, 0.15) is 12.6 Å². The first-order chi connectivity index (χ1) is 16.5. The summed E-state index contributed by atoms with van der Waals surface area (Å²) in [6.45, 7) is 7.87. The summed E-state index contributed by atoms with van der Waals surface area (Å²) in [4.78, 5) is 28.2. The molecule has 0 fully saturated rings. The Kier molecular flexibility index (Phi) is 10.6. The van der Waals surface area contributed by atoms with E-state index in [9.17, 15) is 18.0 Å². The summed E-state index contributed by atoms with van der Waals surface area (Å²) in [6, 6.07) is 11.7. The van der Waals surface area contributed by atoms with E-state index < -0.39 is 28.5 Å². The Bertz CT molecular complexity index is 1120. The van der Waals surface area contributed by atoms with Crippen LogP contribution in [0.25, 0.3) is 0 Å². The van der Waals surface area contributed by atoms with Gasteiger partial charge in [-0.25, -0.2) is 8.42 Å². The number of aryl methyl sites for hydroxylation is 2. The summed E-state index contributed by atoms with van der Waals surface area (Å²) in [5.41, 5.74) is 2.97. The minimum absolute atomic E-state index is 0.153. The molecule has 2 aromatic carbocycles. The highest BCUT2D eigenvalue weighted by atomic mass is 35.5. The van der Waals surface area contributed by atoms with Crippen molar-refractivity contribution >= 4 is 39.1 Å². The maximum Gasteiger partial charge on any atom is 0.244 e. The number of benzene rings is 2. The van der Waals surface area contributed by atoms with Gasteiger partial charge in [0.15, 0.2) is 0 Å². The first-order valence-electron chi connectivity index (χ1n) is 11.8. The predicted molar refractivity (Wildman–Crippen MR) is 142 cm³/mol. The maximum absolute atomic E-state index is 13.7. The lowest BCUT2D eigenvalue weighted by molar-refractivity contribution is -0.140. The number of carbonyl (C=O) groups is 2. The number of sulfonamides is 1. The Balaban J connectivity index is 2.42. The van der Waals surface area contributed by atoms with Gasteiger partial charge >= 0.3 is 0 Å². The van der Waals surface area contributed by atoms with Crippen LogP contribution in [0.4, 0.5) is 5.69 Å². The molecule has 9 heteroatoms. The summed E-state index contributed by atoms with van der Waals surface area (Å²) in [5.74, 6) is -0.705. The van der Waals surface area contributed by atoms with Crippen molar-refractivity contribution in [1.82, 2.24) is 10.2 Å². The number of nitrogens with one attached hydrogen (secondary N) is 1. The third-order valence-corrected chi connectivity index (χ3v) is 7.16. The van der Waals surface area contributed by atoms with Crippen molar-refractivity contribution in [3.63, 3.8) is 0 Å². The average Bonchev–Trinajstić information content (AvgIpc) is 2.78. The zero-order chi connectivity index (χ0) is 26.2. The van der Waals surface area contributed by atoms with Crippen LogP contribution in [0.15, 0.2) is 42.5 Å². The van der Waals surface area contributed by atoms with Crippen molar-refractivity contribution < 1.29 is 18.0 Å². The molecule has 0 aliphatic heterocycles. The number of carbonyl (C=O) groups excluding carboxylic acids is 2. The van der Waals surface area contributed by atoms with Gasteiger partial charge in [0.05, 0.1) is 11.9 Å². The lowest BCUT2D eigenvalue weighted by Crippen LogP contribution is -2.52. The highest BCUT2D eigenvalue weighted by Crippen LogP contribution is 2.24. The molecule has 0 radical (unpaired) electrons. The summed E-state index contributed by atoms with van der Waals surface area (Å²) in [7, 11) is -3.76. The number of hydrogen-bond acceptors (Lipinski definition) is 4. The molecular weight excluding hydrogens is 486 g/mol. The number of amides is 2. The Morgan fingerprint density at radius 1 is 1.06 bits per heavy atom. The minimum Gasteiger partial charge on any atom is -0.354 e. The van der Waals surface area contributed by atoms with Gasteiger partial charge in [-0.1, -0.05) is 61.7 Å². The van der Waals surface area contributed by atoms with Crippen molar-refractivity contribution in [1.29, 1.82) is 0 Å². The molecule has 0 heterocycles. The van der Waals surface area contributed by atoms with E-state index in [1.807, 2.05) is 39.8 Å². The van der Waals surface area contributed by atoms with Crippen LogP contribution in [0, 0.1) is 13.8 Å². The van der Waals surface area contributed by atoms with Gasteiger partial charge < -0.3 is 10.2 Å². The van der Waals surface area contributed by atoms with Crippen LogP contribution in [0.1, 0.15) is 49.8 Å². The van der Waals surface area contributed by atoms with Crippen LogP contribution in [-0.2, 0) is 26.2 Å². The molecule has 35 heavy (non-hydrogen) atoms. The van der Waals surface area contributed by atoms with Gasteiger partial charge in [-0.05, 0) is 56.0 Å². The molecule has 2 rings (SSSR count). The van der Waals surface area contributed by atoms with Crippen molar-refractivity contribution in [2.45, 2.75) is 59.5 Å². The molecule has 1 N–H and O–H groups in total. The topological polar surface area (TPSA) is 86.8 Å². The van der Waals surface area contributed by atoms with E-state index in [4.69, 9.17) is 11.6 Å². The SMILES string of the molecule is CCCCNC(=O)[C@@H](CC)N(Cc1ccc(Cl)cc1)C(=O)CN(c1ccc(C)cc1C)S(C)(=O)=O. The van der Waals surface area contributed by atoms with E-state index >= 15 is 0 Å². The molecule has 0 saturated carbocycles. The van der Waals surface area contributed by atoms with E-state index in [0.717, 1.165) is 40.1 Å². The van der Waals surface area contributed by atoms with Gasteiger partial charge in [0, 0.05) is 18.1 Å². The normalized spacial score (nSPS) is 12.2. The van der Waals surface area contributed by atoms with Crippen molar-refractivity contribution in [3.05, 3.63) is 64.2 Å². The molecule has 0 aliphatic rings. The summed E-state index contributed by atoms with van der Waals surface area (Å²) < 4.78 is 26.6. The second-order valence-electron chi connectivity index (χ2n) is 8.78. The van der Waals surface area contributed by atoms with E-state index in [0.29, 0.717) is 23.7 Å². The van der Waals surface area contributed by atoms with Gasteiger partial charge in [0.25, 0.3) is 0 Å². The highest BCUT2D eigenvalue weighted by Gasteiger charge is 2.32. The van der Waals surface area contributed by atoms with Crippen molar-refractivity contribution in [3.8, 4) is 0 Å². The molecular formula is C26H36ClN3O4S. The third-order valence-electron chi connectivity index (χ3n) is 5.78. The quantitative estimate of drug-likeness (QED) is 0.418. The standard InChI is InChI=1S/C26H36ClN3O4S/c1-6-8-15-28-26(32)23(7-2)29(17-21-10-12-22(27)13-11-21)25(31)18-30(35(5,33)34)24-14-9-19(3)16-20(24)4/h9-14,16,23H,6-8,15,17-18H2,1-5H3,(H,28,32)/t23-/m1/s1. The first-order valence-corrected chi connectivity index (χ1v) is 14.1. The lowest BCUT2D eigenvalue weighted by Gasteiger charge is -2.33. The van der Waals surface area contributed by atoms with Crippen LogP contribution in [0.5, 0.6) is 0 Å².